The van der Waals surface area contributed by atoms with Gasteiger partial charge in [-0.05, 0) is 46.2 Å². The molecular weight excluding hydrogens is 351 g/mol. The average molecular weight is 367 g/mol. The van der Waals surface area contributed by atoms with Crippen LogP contribution in [0.1, 0.15) is 20.8 Å². The van der Waals surface area contributed by atoms with E-state index in [1.165, 1.54) is 0 Å². The van der Waals surface area contributed by atoms with Crippen molar-refractivity contribution in [1.29, 1.82) is 0 Å². The molecule has 0 radical (unpaired) electrons. The van der Waals surface area contributed by atoms with Crippen molar-refractivity contribution in [2.24, 2.45) is 11.1 Å². The van der Waals surface area contributed by atoms with Gasteiger partial charge in [0.1, 0.15) is 0 Å². The van der Waals surface area contributed by atoms with Crippen molar-refractivity contribution in [3.8, 4) is 0 Å². The molecule has 1 aromatic rings. The second-order valence-corrected chi connectivity index (χ2v) is 6.61. The lowest BCUT2D eigenvalue weighted by molar-refractivity contribution is -0.119. The zero-order valence-electron chi connectivity index (χ0n) is 10.1. The maximum Gasteiger partial charge on any atom is 0.241 e. The number of nitrogens with one attached hydrogen (secondary N) is 1. The molecule has 17 heavy (non-hydrogen) atoms. The number of hydrogen-bond donors (Lipinski definition) is 2. The van der Waals surface area contributed by atoms with Gasteiger partial charge in [0.15, 0.2) is 0 Å². The zero-order chi connectivity index (χ0) is 13.2. The van der Waals surface area contributed by atoms with E-state index in [0.717, 1.165) is 3.57 Å². The highest BCUT2D eigenvalue weighted by molar-refractivity contribution is 14.1. The summed E-state index contributed by atoms with van der Waals surface area (Å²) in [7, 11) is 0. The minimum Gasteiger partial charge on any atom is -0.323 e. The quantitative estimate of drug-likeness (QED) is 0.789. The van der Waals surface area contributed by atoms with Gasteiger partial charge in [-0.15, -0.1) is 0 Å². The van der Waals surface area contributed by atoms with Crippen LogP contribution in [0.5, 0.6) is 0 Å². The third-order valence-electron chi connectivity index (χ3n) is 2.40. The van der Waals surface area contributed by atoms with Gasteiger partial charge in [0.05, 0.1) is 16.8 Å². The molecule has 1 amide bonds. The van der Waals surface area contributed by atoms with Gasteiger partial charge < -0.3 is 11.1 Å². The molecule has 1 rings (SSSR count). The van der Waals surface area contributed by atoms with Crippen LogP contribution in [-0.4, -0.2) is 11.9 Å². The molecule has 0 aliphatic heterocycles. The van der Waals surface area contributed by atoms with Crippen molar-refractivity contribution < 1.29 is 4.79 Å². The second kappa shape index (κ2) is 5.54. The summed E-state index contributed by atoms with van der Waals surface area (Å²) in [6.07, 6.45) is 0. The average Bonchev–Trinajstić information content (AvgIpc) is 2.19. The number of carbonyl (C=O) groups is 1. The summed E-state index contributed by atoms with van der Waals surface area (Å²) in [4.78, 5) is 11.9. The Balaban J connectivity index is 2.82. The molecule has 3 N–H and O–H groups in total. The van der Waals surface area contributed by atoms with Gasteiger partial charge in [0.25, 0.3) is 0 Å². The Hall–Kier alpha value is -0.330. The van der Waals surface area contributed by atoms with E-state index in [1.54, 1.807) is 12.1 Å². The molecule has 1 atom stereocenters. The summed E-state index contributed by atoms with van der Waals surface area (Å²) in [6.45, 7) is 5.77. The van der Waals surface area contributed by atoms with Gasteiger partial charge >= 0.3 is 0 Å². The fraction of sp³-hybridized carbons (Fsp3) is 0.417. The predicted octanol–water partition coefficient (Wildman–Crippen LogP) is 3.26. The van der Waals surface area contributed by atoms with E-state index in [1.807, 2.05) is 26.8 Å². The van der Waals surface area contributed by atoms with Crippen LogP contribution in [0.3, 0.4) is 0 Å². The normalized spacial score (nSPS) is 13.3. The molecular formula is C12H16ClIN2O. The van der Waals surface area contributed by atoms with Crippen molar-refractivity contribution in [2.75, 3.05) is 5.32 Å². The molecule has 0 saturated carbocycles. The minimum absolute atomic E-state index is 0.222. The lowest BCUT2D eigenvalue weighted by Crippen LogP contribution is -2.45. The maximum absolute atomic E-state index is 11.9. The van der Waals surface area contributed by atoms with Gasteiger partial charge in [-0.2, -0.15) is 0 Å². The third kappa shape index (κ3) is 4.12. The van der Waals surface area contributed by atoms with Crippen LogP contribution in [-0.2, 0) is 4.79 Å². The standard InChI is InChI=1S/C12H16ClIN2O/c1-12(2,3)10(15)11(17)16-9-5-4-7(14)6-8(9)13/h4-6,10H,15H2,1-3H3,(H,16,17). The van der Waals surface area contributed by atoms with Crippen LogP contribution in [0.2, 0.25) is 5.02 Å². The smallest absolute Gasteiger partial charge is 0.241 e. The lowest BCUT2D eigenvalue weighted by atomic mass is 9.87. The molecule has 0 bridgehead atoms. The summed E-state index contributed by atoms with van der Waals surface area (Å²) in [5, 5.41) is 3.26. The first-order chi connectivity index (χ1) is 7.71. The number of amides is 1. The van der Waals surface area contributed by atoms with E-state index in [4.69, 9.17) is 17.3 Å². The summed E-state index contributed by atoms with van der Waals surface area (Å²) in [6, 6.07) is 4.88. The van der Waals surface area contributed by atoms with Crippen molar-refractivity contribution in [3.63, 3.8) is 0 Å². The van der Waals surface area contributed by atoms with Crippen molar-refractivity contribution >= 4 is 45.8 Å². The first kappa shape index (κ1) is 14.7. The van der Waals surface area contributed by atoms with Crippen LogP contribution in [0.4, 0.5) is 5.69 Å². The zero-order valence-corrected chi connectivity index (χ0v) is 13.0. The molecule has 0 heterocycles. The fourth-order valence-electron chi connectivity index (χ4n) is 1.19. The second-order valence-electron chi connectivity index (χ2n) is 4.96. The Labute approximate surface area is 120 Å². The molecule has 0 aromatic heterocycles. The summed E-state index contributed by atoms with van der Waals surface area (Å²) < 4.78 is 1.02. The van der Waals surface area contributed by atoms with Crippen molar-refractivity contribution in [3.05, 3.63) is 26.8 Å². The first-order valence-electron chi connectivity index (χ1n) is 5.23. The molecule has 1 unspecified atom stereocenters. The Kier molecular flexibility index (Phi) is 4.80. The van der Waals surface area contributed by atoms with Crippen molar-refractivity contribution in [1.82, 2.24) is 0 Å². The Morgan fingerprint density at radius 2 is 2.06 bits per heavy atom. The number of carbonyl (C=O) groups excluding carboxylic acids is 1. The van der Waals surface area contributed by atoms with Crippen LogP contribution in [0, 0.1) is 8.99 Å². The van der Waals surface area contributed by atoms with Gasteiger partial charge in [0.2, 0.25) is 5.91 Å². The highest BCUT2D eigenvalue weighted by Crippen LogP contribution is 2.25. The number of hydrogen-bond acceptors (Lipinski definition) is 2. The van der Waals surface area contributed by atoms with E-state index in [0.29, 0.717) is 10.7 Å². The van der Waals surface area contributed by atoms with E-state index in [2.05, 4.69) is 27.9 Å². The number of rotatable bonds is 2. The van der Waals surface area contributed by atoms with E-state index in [-0.39, 0.29) is 11.3 Å². The number of anilines is 1. The predicted molar refractivity (Wildman–Crippen MR) is 80.2 cm³/mol. The van der Waals surface area contributed by atoms with Crippen molar-refractivity contribution in [2.45, 2.75) is 26.8 Å². The molecule has 0 spiro atoms. The van der Waals surface area contributed by atoms with Gasteiger partial charge in [-0.25, -0.2) is 0 Å². The molecule has 0 saturated heterocycles. The SMILES string of the molecule is CC(C)(C)C(N)C(=O)Nc1ccc(I)cc1Cl. The monoisotopic (exact) mass is 366 g/mol. The number of halogens is 2. The van der Waals surface area contributed by atoms with Gasteiger partial charge in [0, 0.05) is 3.57 Å². The highest BCUT2D eigenvalue weighted by Gasteiger charge is 2.27. The van der Waals surface area contributed by atoms with E-state index < -0.39 is 6.04 Å². The van der Waals surface area contributed by atoms with E-state index in [9.17, 15) is 4.79 Å². The summed E-state index contributed by atoms with van der Waals surface area (Å²) in [5.74, 6) is -0.222. The Bertz CT molecular complexity index is 429. The molecule has 0 fully saturated rings. The molecule has 0 aliphatic rings. The fourth-order valence-corrected chi connectivity index (χ4v) is 2.10. The Morgan fingerprint density at radius 1 is 1.47 bits per heavy atom. The van der Waals surface area contributed by atoms with E-state index >= 15 is 0 Å². The molecule has 3 nitrogen and oxygen atoms in total. The Morgan fingerprint density at radius 3 is 2.53 bits per heavy atom. The van der Waals surface area contributed by atoms with Crippen LogP contribution in [0.25, 0.3) is 0 Å². The largest absolute Gasteiger partial charge is 0.323 e. The molecule has 5 heteroatoms. The van der Waals surface area contributed by atoms with Gasteiger partial charge in [-0.3, -0.25) is 4.79 Å². The molecule has 1 aromatic carbocycles. The van der Waals surface area contributed by atoms with Crippen LogP contribution < -0.4 is 11.1 Å². The topological polar surface area (TPSA) is 55.1 Å². The number of benzene rings is 1. The van der Waals surface area contributed by atoms with Crippen LogP contribution in [0.15, 0.2) is 18.2 Å². The summed E-state index contributed by atoms with van der Waals surface area (Å²) >= 11 is 8.19. The van der Waals surface area contributed by atoms with Gasteiger partial charge in [-0.1, -0.05) is 32.4 Å². The number of nitrogens with two attached hydrogens (primary N) is 1. The first-order valence-corrected chi connectivity index (χ1v) is 6.69. The molecule has 94 valence electrons. The molecule has 0 aliphatic carbocycles. The lowest BCUT2D eigenvalue weighted by Gasteiger charge is -2.26. The minimum atomic E-state index is -0.571. The van der Waals surface area contributed by atoms with Crippen LogP contribution >= 0.6 is 34.2 Å². The highest BCUT2D eigenvalue weighted by atomic mass is 127. The maximum atomic E-state index is 11.9. The summed E-state index contributed by atoms with van der Waals surface area (Å²) in [5.41, 5.74) is 6.18. The third-order valence-corrected chi connectivity index (χ3v) is 3.39.